The zero-order chi connectivity index (χ0) is 17.4. The quantitative estimate of drug-likeness (QED) is 0.301. The summed E-state index contributed by atoms with van der Waals surface area (Å²) < 4.78 is 79.9. The van der Waals surface area contributed by atoms with Crippen LogP contribution in [0.25, 0.3) is 11.1 Å². The van der Waals surface area contributed by atoms with Crippen LogP contribution in [-0.2, 0) is 12.4 Å². The third-order valence-electron chi connectivity index (χ3n) is 3.10. The molecule has 2 aromatic rings. The van der Waals surface area contributed by atoms with E-state index in [1.807, 2.05) is 0 Å². The van der Waals surface area contributed by atoms with Crippen molar-refractivity contribution in [3.63, 3.8) is 0 Å². The molecule has 0 unspecified atom stereocenters. The SMILES string of the molecule is C[I-]c1ccc(-c2ccc(S)cc2C(F)(F)F)c(C(F)(F)F)c1. The Morgan fingerprint density at radius 1 is 0.783 bits per heavy atom. The van der Waals surface area contributed by atoms with Crippen molar-refractivity contribution < 1.29 is 47.5 Å². The number of halogens is 7. The fourth-order valence-corrected chi connectivity index (χ4v) is 3.47. The number of hydrogen-bond donors (Lipinski definition) is 1. The van der Waals surface area contributed by atoms with Crippen molar-refractivity contribution in [3.8, 4) is 11.1 Å². The summed E-state index contributed by atoms with van der Waals surface area (Å²) >= 11 is 3.23. The standard InChI is InChI=1S/C15H10F6IS/c1-22-8-2-4-10(12(6-8)14(16,17)18)11-5-3-9(23)7-13(11)15(19,20)21/h2-7,23H,1H3/q-1. The molecule has 0 aliphatic carbocycles. The molecular formula is C15H10F6IS-. The Hall–Kier alpha value is -0.900. The third-order valence-corrected chi connectivity index (χ3v) is 5.30. The first-order valence-corrected chi connectivity index (χ1v) is 9.83. The molecule has 0 fully saturated rings. The van der Waals surface area contributed by atoms with E-state index in [9.17, 15) is 26.3 Å². The van der Waals surface area contributed by atoms with E-state index in [0.717, 1.165) is 24.3 Å². The topological polar surface area (TPSA) is 0 Å². The normalized spacial score (nSPS) is 12.7. The number of alkyl halides is 7. The van der Waals surface area contributed by atoms with E-state index in [1.54, 1.807) is 4.93 Å². The van der Waals surface area contributed by atoms with Gasteiger partial charge in [-0.25, -0.2) is 0 Å². The van der Waals surface area contributed by atoms with Crippen LogP contribution in [0.5, 0.6) is 0 Å². The van der Waals surface area contributed by atoms with Gasteiger partial charge in [-0.2, -0.15) is 0 Å². The van der Waals surface area contributed by atoms with Gasteiger partial charge in [0, 0.05) is 0 Å². The van der Waals surface area contributed by atoms with Gasteiger partial charge in [0.2, 0.25) is 0 Å². The Labute approximate surface area is 144 Å². The summed E-state index contributed by atoms with van der Waals surface area (Å²) in [5.41, 5.74) is -3.15. The van der Waals surface area contributed by atoms with E-state index in [-0.39, 0.29) is 4.90 Å². The molecule has 126 valence electrons. The summed E-state index contributed by atoms with van der Waals surface area (Å²) in [4.78, 5) is 1.82. The Kier molecular flexibility index (Phi) is 5.24. The van der Waals surface area contributed by atoms with Crippen molar-refractivity contribution in [2.75, 3.05) is 4.93 Å². The minimum absolute atomic E-state index is 0.0330. The molecule has 0 amide bonds. The van der Waals surface area contributed by atoms with Crippen LogP contribution >= 0.6 is 12.6 Å². The van der Waals surface area contributed by atoms with Gasteiger partial charge in [0.05, 0.1) is 0 Å². The summed E-state index contributed by atoms with van der Waals surface area (Å²) in [7, 11) is 0. The predicted molar refractivity (Wildman–Crippen MR) is 73.8 cm³/mol. The first-order valence-electron chi connectivity index (χ1n) is 6.15. The van der Waals surface area contributed by atoms with Gasteiger partial charge in [-0.3, -0.25) is 0 Å². The van der Waals surface area contributed by atoms with Gasteiger partial charge in [-0.15, -0.1) is 0 Å². The first kappa shape index (κ1) is 18.4. The molecule has 0 aliphatic heterocycles. The van der Waals surface area contributed by atoms with Crippen LogP contribution in [-0.4, -0.2) is 4.93 Å². The Morgan fingerprint density at radius 3 is 1.74 bits per heavy atom. The molecule has 0 saturated carbocycles. The van der Waals surface area contributed by atoms with Crippen LogP contribution in [0.3, 0.4) is 0 Å². The van der Waals surface area contributed by atoms with E-state index < -0.39 is 55.8 Å². The van der Waals surface area contributed by atoms with Gasteiger partial charge in [0.25, 0.3) is 0 Å². The average molecular weight is 463 g/mol. The van der Waals surface area contributed by atoms with E-state index >= 15 is 0 Å². The molecule has 0 atom stereocenters. The van der Waals surface area contributed by atoms with Gasteiger partial charge >= 0.3 is 145 Å². The summed E-state index contributed by atoms with van der Waals surface area (Å²) in [5, 5.41) is 0. The van der Waals surface area contributed by atoms with Crippen LogP contribution in [0.4, 0.5) is 26.3 Å². The van der Waals surface area contributed by atoms with Crippen molar-refractivity contribution in [1.29, 1.82) is 0 Å². The van der Waals surface area contributed by atoms with Gasteiger partial charge in [-0.05, 0) is 0 Å². The third kappa shape index (κ3) is 4.14. The maximum atomic E-state index is 13.3. The zero-order valence-electron chi connectivity index (χ0n) is 11.6. The second-order valence-corrected chi connectivity index (χ2v) is 7.45. The molecular weight excluding hydrogens is 453 g/mol. The molecule has 0 radical (unpaired) electrons. The summed E-state index contributed by atoms with van der Waals surface area (Å²) in [6.07, 6.45) is -9.50. The number of rotatable bonds is 2. The second-order valence-electron chi connectivity index (χ2n) is 4.60. The van der Waals surface area contributed by atoms with Crippen LogP contribution < -0.4 is 21.2 Å². The predicted octanol–water partition coefficient (Wildman–Crippen LogP) is 2.57. The summed E-state index contributed by atoms with van der Waals surface area (Å²) in [6, 6.07) is 6.51. The molecule has 23 heavy (non-hydrogen) atoms. The molecule has 0 spiro atoms. The van der Waals surface area contributed by atoms with Crippen LogP contribution in [0.15, 0.2) is 41.3 Å². The minimum atomic E-state index is -4.77. The van der Waals surface area contributed by atoms with Crippen molar-refractivity contribution >= 4 is 12.6 Å². The summed E-state index contributed by atoms with van der Waals surface area (Å²) in [5.74, 6) is 0. The number of benzene rings is 2. The second kappa shape index (κ2) is 6.54. The van der Waals surface area contributed by atoms with Gasteiger partial charge in [-0.1, -0.05) is 0 Å². The fraction of sp³-hybridized carbons (Fsp3) is 0.200. The van der Waals surface area contributed by atoms with Gasteiger partial charge in [0.1, 0.15) is 0 Å². The molecule has 0 N–H and O–H groups in total. The number of hydrogen-bond acceptors (Lipinski definition) is 1. The van der Waals surface area contributed by atoms with Crippen molar-refractivity contribution in [2.45, 2.75) is 17.2 Å². The van der Waals surface area contributed by atoms with Crippen LogP contribution in [0.2, 0.25) is 0 Å². The molecule has 0 heterocycles. The first-order chi connectivity index (χ1) is 10.5. The van der Waals surface area contributed by atoms with E-state index in [0.29, 0.717) is 3.57 Å². The molecule has 2 rings (SSSR count). The Balaban J connectivity index is 2.77. The average Bonchev–Trinajstić information content (AvgIpc) is 2.45. The zero-order valence-corrected chi connectivity index (χ0v) is 14.6. The molecule has 0 aromatic heterocycles. The van der Waals surface area contributed by atoms with E-state index in [1.165, 1.54) is 12.1 Å². The van der Waals surface area contributed by atoms with Gasteiger partial charge in [0.15, 0.2) is 0 Å². The molecule has 2 aromatic carbocycles. The molecule has 0 bridgehead atoms. The van der Waals surface area contributed by atoms with Crippen molar-refractivity contribution in [1.82, 2.24) is 0 Å². The summed E-state index contributed by atoms with van der Waals surface area (Å²) in [6.45, 7) is 0. The van der Waals surface area contributed by atoms with Crippen LogP contribution in [0, 0.1) is 3.57 Å². The number of thiol groups is 1. The Morgan fingerprint density at radius 2 is 1.26 bits per heavy atom. The van der Waals surface area contributed by atoms with Gasteiger partial charge < -0.3 is 0 Å². The molecule has 0 saturated heterocycles. The fourth-order valence-electron chi connectivity index (χ4n) is 2.11. The van der Waals surface area contributed by atoms with Crippen LogP contribution in [0.1, 0.15) is 11.1 Å². The molecule has 0 nitrogen and oxygen atoms in total. The Bertz CT molecular complexity index is 721. The molecule has 8 heteroatoms. The van der Waals surface area contributed by atoms with E-state index in [2.05, 4.69) is 12.6 Å². The van der Waals surface area contributed by atoms with E-state index in [4.69, 9.17) is 0 Å². The van der Waals surface area contributed by atoms with Crippen molar-refractivity contribution in [3.05, 3.63) is 51.1 Å². The monoisotopic (exact) mass is 463 g/mol. The van der Waals surface area contributed by atoms with Crippen molar-refractivity contribution in [2.24, 2.45) is 0 Å². The molecule has 0 aliphatic rings. The maximum absolute atomic E-state index is 13.3.